The first-order chi connectivity index (χ1) is 8.81. The minimum Gasteiger partial charge on any atom is -0.352 e. The van der Waals surface area contributed by atoms with E-state index in [4.69, 9.17) is 4.74 Å². The van der Waals surface area contributed by atoms with Crippen molar-refractivity contribution in [3.63, 3.8) is 0 Å². The van der Waals surface area contributed by atoms with E-state index in [0.29, 0.717) is 6.61 Å². The van der Waals surface area contributed by atoms with Crippen molar-refractivity contribution in [3.8, 4) is 0 Å². The van der Waals surface area contributed by atoms with Gasteiger partial charge in [-0.15, -0.1) is 6.58 Å². The predicted octanol–water partition coefficient (Wildman–Crippen LogP) is 2.51. The number of nitrogens with zero attached hydrogens (tertiary/aromatic N) is 1. The zero-order chi connectivity index (χ0) is 12.5. The lowest BCUT2D eigenvalue weighted by molar-refractivity contribution is -0.137. The minimum atomic E-state index is -0.196. The van der Waals surface area contributed by atoms with Gasteiger partial charge in [-0.3, -0.25) is 4.79 Å². The van der Waals surface area contributed by atoms with Gasteiger partial charge >= 0.3 is 0 Å². The maximum absolute atomic E-state index is 12.4. The lowest BCUT2D eigenvalue weighted by Gasteiger charge is -2.23. The van der Waals surface area contributed by atoms with Crippen LogP contribution in [-0.4, -0.2) is 23.5 Å². The second kappa shape index (κ2) is 4.58. The first kappa shape index (κ1) is 11.5. The summed E-state index contributed by atoms with van der Waals surface area (Å²) in [6.07, 6.45) is 3.31. The number of hydrogen-bond donors (Lipinski definition) is 0. The van der Waals surface area contributed by atoms with Crippen molar-refractivity contribution in [2.24, 2.45) is 5.92 Å². The van der Waals surface area contributed by atoms with Gasteiger partial charge in [0.1, 0.15) is 0 Å². The van der Waals surface area contributed by atoms with Crippen LogP contribution in [0.4, 0.5) is 0 Å². The summed E-state index contributed by atoms with van der Waals surface area (Å²) in [6, 6.07) is 10.2. The summed E-state index contributed by atoms with van der Waals surface area (Å²) in [5.74, 6) is 0.314. The number of ether oxygens (including phenoxy) is 1. The number of rotatable bonds is 3. The van der Waals surface area contributed by atoms with Crippen LogP contribution in [0.3, 0.4) is 0 Å². The average Bonchev–Trinajstić information content (AvgIpc) is 2.93. The molecule has 3 nitrogen and oxygen atoms in total. The van der Waals surface area contributed by atoms with Gasteiger partial charge in [-0.1, -0.05) is 36.4 Å². The molecule has 2 saturated heterocycles. The maximum Gasteiger partial charge on any atom is 0.228 e. The van der Waals surface area contributed by atoms with Crippen LogP contribution in [0.25, 0.3) is 0 Å². The molecule has 0 aromatic heterocycles. The molecule has 0 saturated carbocycles. The topological polar surface area (TPSA) is 29.5 Å². The van der Waals surface area contributed by atoms with E-state index in [9.17, 15) is 4.79 Å². The molecule has 2 aliphatic rings. The molecule has 3 atom stereocenters. The van der Waals surface area contributed by atoms with Crippen molar-refractivity contribution in [2.45, 2.75) is 25.1 Å². The Balaban J connectivity index is 1.84. The Morgan fingerprint density at radius 2 is 2.17 bits per heavy atom. The van der Waals surface area contributed by atoms with Crippen molar-refractivity contribution >= 4 is 5.91 Å². The third-order valence-electron chi connectivity index (χ3n) is 3.79. The highest BCUT2D eigenvalue weighted by Gasteiger charge is 2.47. The molecule has 1 amide bonds. The zero-order valence-electron chi connectivity index (χ0n) is 10.3. The molecular formula is C15H17NO2. The van der Waals surface area contributed by atoms with E-state index in [-0.39, 0.29) is 24.1 Å². The van der Waals surface area contributed by atoms with Crippen LogP contribution in [0.15, 0.2) is 43.0 Å². The highest BCUT2D eigenvalue weighted by molar-refractivity contribution is 5.82. The van der Waals surface area contributed by atoms with Gasteiger partial charge in [-0.25, -0.2) is 0 Å². The molecule has 18 heavy (non-hydrogen) atoms. The van der Waals surface area contributed by atoms with Crippen molar-refractivity contribution < 1.29 is 9.53 Å². The lowest BCUT2D eigenvalue weighted by Crippen LogP contribution is -2.32. The van der Waals surface area contributed by atoms with Crippen molar-refractivity contribution in [2.75, 3.05) is 6.61 Å². The highest BCUT2D eigenvalue weighted by Crippen LogP contribution is 2.40. The number of carbonyl (C=O) groups is 1. The van der Waals surface area contributed by atoms with Crippen LogP contribution in [0, 0.1) is 5.92 Å². The molecule has 3 rings (SSSR count). The summed E-state index contributed by atoms with van der Waals surface area (Å²) in [6.45, 7) is 4.38. The number of carbonyl (C=O) groups excluding carboxylic acids is 1. The molecule has 2 heterocycles. The number of benzene rings is 1. The molecule has 3 heteroatoms. The van der Waals surface area contributed by atoms with E-state index < -0.39 is 0 Å². The van der Waals surface area contributed by atoms with Gasteiger partial charge in [-0.05, 0) is 12.8 Å². The largest absolute Gasteiger partial charge is 0.352 e. The lowest BCUT2D eigenvalue weighted by atomic mass is 10.0. The Labute approximate surface area is 107 Å². The first-order valence-corrected chi connectivity index (χ1v) is 6.41. The van der Waals surface area contributed by atoms with Gasteiger partial charge in [0.05, 0.1) is 12.6 Å². The molecule has 2 aliphatic heterocycles. The number of hydrogen-bond acceptors (Lipinski definition) is 2. The van der Waals surface area contributed by atoms with Crippen LogP contribution in [-0.2, 0) is 9.53 Å². The van der Waals surface area contributed by atoms with E-state index in [1.54, 1.807) is 0 Å². The van der Waals surface area contributed by atoms with E-state index in [0.717, 1.165) is 18.4 Å². The molecule has 1 aromatic carbocycles. The Morgan fingerprint density at radius 1 is 1.39 bits per heavy atom. The fourth-order valence-corrected chi connectivity index (χ4v) is 2.94. The summed E-state index contributed by atoms with van der Waals surface area (Å²) >= 11 is 0. The Morgan fingerprint density at radius 3 is 2.89 bits per heavy atom. The minimum absolute atomic E-state index is 0.0996. The third-order valence-corrected chi connectivity index (χ3v) is 3.79. The monoisotopic (exact) mass is 243 g/mol. The van der Waals surface area contributed by atoms with Gasteiger partial charge in [0.2, 0.25) is 5.91 Å². The first-order valence-electron chi connectivity index (χ1n) is 6.41. The molecule has 0 spiro atoms. The molecule has 0 radical (unpaired) electrons. The van der Waals surface area contributed by atoms with Gasteiger partial charge in [0.15, 0.2) is 6.23 Å². The van der Waals surface area contributed by atoms with Crippen LogP contribution in [0.1, 0.15) is 24.6 Å². The summed E-state index contributed by atoms with van der Waals surface area (Å²) in [5.41, 5.74) is 1.06. The quantitative estimate of drug-likeness (QED) is 0.763. The van der Waals surface area contributed by atoms with Gasteiger partial charge in [-0.2, -0.15) is 0 Å². The van der Waals surface area contributed by atoms with Gasteiger partial charge < -0.3 is 9.64 Å². The van der Waals surface area contributed by atoms with Crippen molar-refractivity contribution in [1.82, 2.24) is 4.90 Å². The predicted molar refractivity (Wildman–Crippen MR) is 68.7 cm³/mol. The normalized spacial score (nSPS) is 30.6. The summed E-state index contributed by atoms with van der Waals surface area (Å²) in [4.78, 5) is 14.3. The fourth-order valence-electron chi connectivity index (χ4n) is 2.94. The van der Waals surface area contributed by atoms with Crippen molar-refractivity contribution in [1.29, 1.82) is 0 Å². The molecule has 0 bridgehead atoms. The molecule has 0 aliphatic carbocycles. The smallest absolute Gasteiger partial charge is 0.228 e. The van der Waals surface area contributed by atoms with Crippen LogP contribution < -0.4 is 0 Å². The summed E-state index contributed by atoms with van der Waals surface area (Å²) < 4.78 is 5.78. The zero-order valence-corrected chi connectivity index (χ0v) is 10.3. The molecule has 94 valence electrons. The molecule has 0 N–H and O–H groups in total. The Kier molecular flexibility index (Phi) is 2.92. The van der Waals surface area contributed by atoms with Crippen LogP contribution in [0.2, 0.25) is 0 Å². The van der Waals surface area contributed by atoms with Crippen LogP contribution in [0.5, 0.6) is 0 Å². The fraction of sp³-hybridized carbons (Fsp3) is 0.400. The number of allylic oxidation sites excluding steroid dienone is 1. The summed E-state index contributed by atoms with van der Waals surface area (Å²) in [5, 5.41) is 0. The highest BCUT2D eigenvalue weighted by atomic mass is 16.5. The molecule has 2 fully saturated rings. The number of fused-ring (bicyclic) bond motifs is 1. The second-order valence-electron chi connectivity index (χ2n) is 4.95. The standard InChI is InChI=1S/C15H17NO2/c1-2-6-12-9-13-10-18-15(16(13)14(12)17)11-7-4-3-5-8-11/h2-5,7-8,12-13,15H,1,6,9-10H2/t12-,13-,15-/m1/s1. The molecule has 1 aromatic rings. The van der Waals surface area contributed by atoms with E-state index in [1.807, 2.05) is 41.3 Å². The van der Waals surface area contributed by atoms with Crippen LogP contribution >= 0.6 is 0 Å². The van der Waals surface area contributed by atoms with Gasteiger partial charge in [0, 0.05) is 11.5 Å². The van der Waals surface area contributed by atoms with E-state index in [2.05, 4.69) is 6.58 Å². The number of amides is 1. The molecule has 0 unspecified atom stereocenters. The maximum atomic E-state index is 12.4. The third kappa shape index (κ3) is 1.75. The Hall–Kier alpha value is -1.61. The van der Waals surface area contributed by atoms with E-state index in [1.165, 1.54) is 0 Å². The van der Waals surface area contributed by atoms with Gasteiger partial charge in [0.25, 0.3) is 0 Å². The SMILES string of the molecule is C=CC[C@@H]1C[C@@H]2CO[C@H](c3ccccc3)N2C1=O. The second-order valence-corrected chi connectivity index (χ2v) is 4.95. The Bertz CT molecular complexity index is 457. The van der Waals surface area contributed by atoms with Crippen molar-refractivity contribution in [3.05, 3.63) is 48.6 Å². The van der Waals surface area contributed by atoms with E-state index >= 15 is 0 Å². The molecular weight excluding hydrogens is 226 g/mol. The average molecular weight is 243 g/mol. The summed E-state index contributed by atoms with van der Waals surface area (Å²) in [7, 11) is 0.